The van der Waals surface area contributed by atoms with Crippen LogP contribution in [0.15, 0.2) is 78.9 Å². The summed E-state index contributed by atoms with van der Waals surface area (Å²) in [4.78, 5) is 15.3. The van der Waals surface area contributed by atoms with Crippen molar-refractivity contribution in [1.82, 2.24) is 14.8 Å². The summed E-state index contributed by atoms with van der Waals surface area (Å²) < 4.78 is 7.75. The van der Waals surface area contributed by atoms with Gasteiger partial charge in [0.2, 0.25) is 5.91 Å². The summed E-state index contributed by atoms with van der Waals surface area (Å²) in [5.74, 6) is 1.05. The molecule has 3 aromatic carbocycles. The quantitative estimate of drug-likeness (QED) is 0.360. The second-order valence-electron chi connectivity index (χ2n) is 9.83. The highest BCUT2D eigenvalue weighted by Crippen LogP contribution is 2.26. The average molecular weight is 482 g/mol. The molecule has 5 rings (SSSR count). The van der Waals surface area contributed by atoms with Crippen molar-refractivity contribution < 1.29 is 9.53 Å². The molecule has 1 aliphatic rings. The fourth-order valence-electron chi connectivity index (χ4n) is 5.24. The van der Waals surface area contributed by atoms with Gasteiger partial charge in [-0.15, -0.1) is 0 Å². The molecule has 1 N–H and O–H groups in total. The van der Waals surface area contributed by atoms with Crippen LogP contribution in [-0.4, -0.2) is 35.6 Å². The summed E-state index contributed by atoms with van der Waals surface area (Å²) in [6.07, 6.45) is 1.78. The van der Waals surface area contributed by atoms with Crippen LogP contribution in [0.5, 0.6) is 5.75 Å². The molecule has 1 aliphatic heterocycles. The molecule has 0 spiro atoms. The van der Waals surface area contributed by atoms with Crippen molar-refractivity contribution in [1.29, 1.82) is 0 Å². The first-order valence-corrected chi connectivity index (χ1v) is 12.9. The van der Waals surface area contributed by atoms with Crippen LogP contribution in [0.25, 0.3) is 10.9 Å². The van der Waals surface area contributed by atoms with Gasteiger partial charge in [-0.1, -0.05) is 54.6 Å². The smallest absolute Gasteiger partial charge is 0.223 e. The van der Waals surface area contributed by atoms with Gasteiger partial charge in [-0.2, -0.15) is 0 Å². The zero-order valence-corrected chi connectivity index (χ0v) is 21.2. The maximum atomic E-state index is 12.8. The number of hydrogen-bond donors (Lipinski definition) is 1. The normalized spacial score (nSPS) is 14.7. The number of methoxy groups -OCH3 is 1. The van der Waals surface area contributed by atoms with Gasteiger partial charge in [-0.25, -0.2) is 0 Å². The fraction of sp³-hybridized carbons (Fsp3) is 0.323. The predicted octanol–water partition coefficient (Wildman–Crippen LogP) is 5.54. The Morgan fingerprint density at radius 1 is 0.944 bits per heavy atom. The zero-order valence-electron chi connectivity index (χ0n) is 21.2. The number of aromatic nitrogens is 1. The number of likely N-dealkylation sites (tertiary alicyclic amines) is 1. The Morgan fingerprint density at radius 2 is 1.72 bits per heavy atom. The van der Waals surface area contributed by atoms with Crippen molar-refractivity contribution in [2.45, 2.75) is 39.4 Å². The minimum Gasteiger partial charge on any atom is -0.497 e. The fourth-order valence-corrected chi connectivity index (χ4v) is 5.24. The number of hydrogen-bond acceptors (Lipinski definition) is 3. The molecule has 0 radical (unpaired) electrons. The molecule has 1 aromatic heterocycles. The summed E-state index contributed by atoms with van der Waals surface area (Å²) in [5.41, 5.74) is 6.35. The Kier molecular flexibility index (Phi) is 7.38. The molecule has 4 aromatic rings. The van der Waals surface area contributed by atoms with Crippen LogP contribution in [0, 0.1) is 12.8 Å². The highest BCUT2D eigenvalue weighted by molar-refractivity contribution is 5.81. The van der Waals surface area contributed by atoms with Crippen molar-refractivity contribution >= 4 is 16.8 Å². The highest BCUT2D eigenvalue weighted by Gasteiger charge is 2.25. The average Bonchev–Trinajstić information content (AvgIpc) is 3.25. The number of nitrogens with one attached hydrogen (secondary N) is 1. The first kappa shape index (κ1) is 24.1. The van der Waals surface area contributed by atoms with Crippen LogP contribution in [0.3, 0.4) is 0 Å². The molecule has 1 saturated heterocycles. The number of rotatable bonds is 8. The first-order valence-electron chi connectivity index (χ1n) is 12.9. The van der Waals surface area contributed by atoms with E-state index < -0.39 is 0 Å². The number of benzene rings is 3. The maximum absolute atomic E-state index is 12.8. The summed E-state index contributed by atoms with van der Waals surface area (Å²) >= 11 is 0. The highest BCUT2D eigenvalue weighted by atomic mass is 16.5. The molecule has 5 nitrogen and oxygen atoms in total. The molecule has 36 heavy (non-hydrogen) atoms. The number of piperidine rings is 1. The molecule has 1 amide bonds. The van der Waals surface area contributed by atoms with Crippen LogP contribution in [-0.2, 0) is 24.4 Å². The summed E-state index contributed by atoms with van der Waals surface area (Å²) in [7, 11) is 1.66. The Balaban J connectivity index is 1.21. The predicted molar refractivity (Wildman–Crippen MR) is 145 cm³/mol. The van der Waals surface area contributed by atoms with E-state index in [1.807, 2.05) is 24.3 Å². The molecule has 2 heterocycles. The maximum Gasteiger partial charge on any atom is 0.223 e. The van der Waals surface area contributed by atoms with E-state index in [0.29, 0.717) is 6.54 Å². The van der Waals surface area contributed by atoms with Gasteiger partial charge < -0.3 is 14.6 Å². The SMILES string of the molecule is COc1cccc(CNC(=O)C2CCN(Cc3cc4ccccc4n3Cc3ccccc3C)CC2)c1. The lowest BCUT2D eigenvalue weighted by Gasteiger charge is -2.31. The summed E-state index contributed by atoms with van der Waals surface area (Å²) in [6, 6.07) is 27.5. The van der Waals surface area contributed by atoms with E-state index in [-0.39, 0.29) is 11.8 Å². The van der Waals surface area contributed by atoms with E-state index in [9.17, 15) is 4.79 Å². The van der Waals surface area contributed by atoms with Crippen molar-refractivity contribution in [2.75, 3.05) is 20.2 Å². The molecule has 0 saturated carbocycles. The van der Waals surface area contributed by atoms with Crippen molar-refractivity contribution in [2.24, 2.45) is 5.92 Å². The number of para-hydroxylation sites is 1. The molecule has 0 bridgehead atoms. The van der Waals surface area contributed by atoms with Crippen LogP contribution < -0.4 is 10.1 Å². The molecule has 186 valence electrons. The number of nitrogens with zero attached hydrogens (tertiary/aromatic N) is 2. The van der Waals surface area contributed by atoms with E-state index in [4.69, 9.17) is 4.74 Å². The zero-order chi connectivity index (χ0) is 24.9. The number of fused-ring (bicyclic) bond motifs is 1. The second-order valence-corrected chi connectivity index (χ2v) is 9.83. The topological polar surface area (TPSA) is 46.5 Å². The number of amides is 1. The van der Waals surface area contributed by atoms with Crippen LogP contribution in [0.2, 0.25) is 0 Å². The number of carbonyl (C=O) groups is 1. The van der Waals surface area contributed by atoms with Crippen LogP contribution >= 0.6 is 0 Å². The minimum absolute atomic E-state index is 0.0738. The van der Waals surface area contributed by atoms with E-state index in [0.717, 1.165) is 50.3 Å². The van der Waals surface area contributed by atoms with E-state index in [1.54, 1.807) is 7.11 Å². The van der Waals surface area contributed by atoms with Crippen molar-refractivity contribution in [3.05, 3.63) is 101 Å². The van der Waals surface area contributed by atoms with Crippen molar-refractivity contribution in [3.63, 3.8) is 0 Å². The van der Waals surface area contributed by atoms with Gasteiger partial charge in [-0.3, -0.25) is 9.69 Å². The van der Waals surface area contributed by atoms with Gasteiger partial charge in [0.25, 0.3) is 0 Å². The lowest BCUT2D eigenvalue weighted by atomic mass is 9.95. The first-order chi connectivity index (χ1) is 17.6. The van der Waals surface area contributed by atoms with Crippen LogP contribution in [0.1, 0.15) is 35.2 Å². The molecular formula is C31H35N3O2. The monoisotopic (exact) mass is 481 g/mol. The number of ether oxygens (including phenoxy) is 1. The Bertz CT molecular complexity index is 1330. The lowest BCUT2D eigenvalue weighted by molar-refractivity contribution is -0.126. The van der Waals surface area contributed by atoms with Gasteiger partial charge in [0.05, 0.1) is 7.11 Å². The van der Waals surface area contributed by atoms with Gasteiger partial charge >= 0.3 is 0 Å². The summed E-state index contributed by atoms with van der Waals surface area (Å²) in [6.45, 7) is 6.36. The molecule has 0 unspecified atom stereocenters. The summed E-state index contributed by atoms with van der Waals surface area (Å²) in [5, 5.41) is 4.41. The van der Waals surface area contributed by atoms with Gasteiger partial charge in [0.15, 0.2) is 0 Å². The van der Waals surface area contributed by atoms with E-state index in [2.05, 4.69) is 76.3 Å². The van der Waals surface area contributed by atoms with E-state index in [1.165, 1.54) is 27.7 Å². The largest absolute Gasteiger partial charge is 0.497 e. The van der Waals surface area contributed by atoms with Gasteiger partial charge in [0.1, 0.15) is 5.75 Å². The third-order valence-electron chi connectivity index (χ3n) is 7.43. The molecule has 0 aliphatic carbocycles. The Hall–Kier alpha value is -3.57. The standard InChI is InChI=1S/C31H35N3O2/c1-23-8-3-4-11-27(23)21-34-28(19-26-10-5-6-13-30(26)34)22-33-16-14-25(15-17-33)31(35)32-20-24-9-7-12-29(18-24)36-2/h3-13,18-19,25H,14-17,20-22H2,1-2H3,(H,32,35). The van der Waals surface area contributed by atoms with Crippen LogP contribution in [0.4, 0.5) is 0 Å². The lowest BCUT2D eigenvalue weighted by Crippen LogP contribution is -2.40. The molecule has 0 atom stereocenters. The molecular weight excluding hydrogens is 446 g/mol. The van der Waals surface area contributed by atoms with E-state index >= 15 is 0 Å². The number of aryl methyl sites for hydroxylation is 1. The van der Waals surface area contributed by atoms with Gasteiger partial charge in [0, 0.05) is 36.8 Å². The Labute approximate surface area is 213 Å². The third-order valence-corrected chi connectivity index (χ3v) is 7.43. The van der Waals surface area contributed by atoms with Crippen molar-refractivity contribution in [3.8, 4) is 5.75 Å². The second kappa shape index (κ2) is 11.0. The van der Waals surface area contributed by atoms with Gasteiger partial charge in [-0.05, 0) is 79.2 Å². The third kappa shape index (κ3) is 5.47. The molecule has 5 heteroatoms. The Morgan fingerprint density at radius 3 is 2.53 bits per heavy atom. The number of carbonyl (C=O) groups excluding carboxylic acids is 1. The minimum atomic E-state index is 0.0738. The molecule has 1 fully saturated rings.